The van der Waals surface area contributed by atoms with E-state index in [1.165, 1.54) is 10.8 Å². The second-order valence-corrected chi connectivity index (χ2v) is 3.57. The molecular formula is C11H11NS. The van der Waals surface area contributed by atoms with E-state index in [-0.39, 0.29) is 5.37 Å². The molecule has 0 saturated heterocycles. The maximum Gasteiger partial charge on any atom is 0.0740 e. The molecule has 0 aliphatic heterocycles. The molecule has 0 aromatic heterocycles. The fraction of sp³-hybridized carbons (Fsp3) is 0.0909. The number of hydrogen-bond donors (Lipinski definition) is 2. The highest BCUT2D eigenvalue weighted by molar-refractivity contribution is 7.80. The highest BCUT2D eigenvalue weighted by atomic mass is 32.1. The largest absolute Gasteiger partial charge is 0.316 e. The number of hydrogen-bond acceptors (Lipinski definition) is 2. The SMILES string of the molecule is NC(S)c1cccc2ccccc12. The van der Waals surface area contributed by atoms with Crippen LogP contribution < -0.4 is 5.73 Å². The molecule has 0 spiro atoms. The lowest BCUT2D eigenvalue weighted by atomic mass is 10.0. The van der Waals surface area contributed by atoms with Crippen molar-refractivity contribution in [2.24, 2.45) is 5.73 Å². The molecule has 0 aliphatic carbocycles. The fourth-order valence-electron chi connectivity index (χ4n) is 1.51. The lowest BCUT2D eigenvalue weighted by molar-refractivity contribution is 1.06. The number of nitrogens with two attached hydrogens (primary N) is 1. The van der Waals surface area contributed by atoms with Gasteiger partial charge in [-0.25, -0.2) is 0 Å². The molecule has 0 fully saturated rings. The van der Waals surface area contributed by atoms with Crippen LogP contribution in [0.25, 0.3) is 10.8 Å². The van der Waals surface area contributed by atoms with Gasteiger partial charge in [-0.15, -0.1) is 0 Å². The standard InChI is InChI=1S/C11H11NS/c12-11(13)10-7-3-5-8-4-1-2-6-9(8)10/h1-7,11,13H,12H2. The van der Waals surface area contributed by atoms with Crippen molar-refractivity contribution in [2.45, 2.75) is 5.37 Å². The van der Waals surface area contributed by atoms with Gasteiger partial charge in [0.2, 0.25) is 0 Å². The molecule has 0 radical (unpaired) electrons. The van der Waals surface area contributed by atoms with E-state index in [4.69, 9.17) is 5.73 Å². The number of rotatable bonds is 1. The van der Waals surface area contributed by atoms with Gasteiger partial charge in [0.05, 0.1) is 5.37 Å². The smallest absolute Gasteiger partial charge is 0.0740 e. The van der Waals surface area contributed by atoms with Gasteiger partial charge in [0, 0.05) is 0 Å². The first-order valence-corrected chi connectivity index (χ1v) is 4.72. The molecule has 0 bridgehead atoms. The molecule has 2 N–H and O–H groups in total. The number of fused-ring (bicyclic) bond motifs is 1. The van der Waals surface area contributed by atoms with Gasteiger partial charge >= 0.3 is 0 Å². The quantitative estimate of drug-likeness (QED) is 0.523. The van der Waals surface area contributed by atoms with Gasteiger partial charge in [-0.1, -0.05) is 42.5 Å². The third kappa shape index (κ3) is 1.55. The first-order chi connectivity index (χ1) is 6.29. The summed E-state index contributed by atoms with van der Waals surface area (Å²) in [5, 5.41) is 2.20. The average molecular weight is 189 g/mol. The first-order valence-electron chi connectivity index (χ1n) is 4.20. The van der Waals surface area contributed by atoms with Gasteiger partial charge in [-0.2, -0.15) is 12.6 Å². The van der Waals surface area contributed by atoms with Crippen molar-refractivity contribution in [3.8, 4) is 0 Å². The van der Waals surface area contributed by atoms with Crippen LogP contribution in [0.4, 0.5) is 0 Å². The summed E-state index contributed by atoms with van der Waals surface area (Å²) in [4.78, 5) is 0. The minimum atomic E-state index is -0.203. The van der Waals surface area contributed by atoms with Crippen LogP contribution in [-0.2, 0) is 0 Å². The van der Waals surface area contributed by atoms with Crippen LogP contribution in [0.3, 0.4) is 0 Å². The molecule has 1 nitrogen and oxygen atoms in total. The topological polar surface area (TPSA) is 26.0 Å². The summed E-state index contributed by atoms with van der Waals surface area (Å²) >= 11 is 4.24. The predicted octanol–water partition coefficient (Wildman–Crippen LogP) is 2.73. The van der Waals surface area contributed by atoms with Crippen LogP contribution >= 0.6 is 12.6 Å². The number of thiol groups is 1. The lowest BCUT2D eigenvalue weighted by Gasteiger charge is -2.08. The average Bonchev–Trinajstić information content (AvgIpc) is 2.17. The highest BCUT2D eigenvalue weighted by Crippen LogP contribution is 2.24. The normalized spacial score (nSPS) is 13.1. The first kappa shape index (κ1) is 8.60. The van der Waals surface area contributed by atoms with E-state index in [0.717, 1.165) is 5.56 Å². The highest BCUT2D eigenvalue weighted by Gasteiger charge is 2.03. The zero-order valence-electron chi connectivity index (χ0n) is 7.14. The summed E-state index contributed by atoms with van der Waals surface area (Å²) in [6.45, 7) is 0. The molecule has 0 saturated carbocycles. The minimum Gasteiger partial charge on any atom is -0.316 e. The van der Waals surface area contributed by atoms with Crippen LogP contribution in [0, 0.1) is 0 Å². The Kier molecular flexibility index (Phi) is 2.25. The van der Waals surface area contributed by atoms with Crippen molar-refractivity contribution in [3.63, 3.8) is 0 Å². The Morgan fingerprint density at radius 2 is 1.69 bits per heavy atom. The fourth-order valence-corrected chi connectivity index (χ4v) is 1.73. The van der Waals surface area contributed by atoms with Crippen LogP contribution in [0.2, 0.25) is 0 Å². The van der Waals surface area contributed by atoms with Gasteiger partial charge in [0.15, 0.2) is 0 Å². The third-order valence-corrected chi connectivity index (χ3v) is 2.42. The summed E-state index contributed by atoms with van der Waals surface area (Å²) in [6, 6.07) is 14.3. The molecule has 2 rings (SSSR count). The Morgan fingerprint density at radius 3 is 2.46 bits per heavy atom. The molecule has 2 aromatic carbocycles. The summed E-state index contributed by atoms with van der Waals surface area (Å²) in [5.74, 6) is 0. The third-order valence-electron chi connectivity index (χ3n) is 2.14. The molecule has 1 atom stereocenters. The molecule has 1 unspecified atom stereocenters. The minimum absolute atomic E-state index is 0.203. The predicted molar refractivity (Wildman–Crippen MR) is 59.9 cm³/mol. The maximum absolute atomic E-state index is 5.74. The van der Waals surface area contributed by atoms with Crippen molar-refractivity contribution in [1.82, 2.24) is 0 Å². The second-order valence-electron chi connectivity index (χ2n) is 3.01. The van der Waals surface area contributed by atoms with E-state index in [0.29, 0.717) is 0 Å². The van der Waals surface area contributed by atoms with Crippen LogP contribution in [0.5, 0.6) is 0 Å². The maximum atomic E-state index is 5.74. The Bertz CT molecular complexity index is 418. The second kappa shape index (κ2) is 3.40. The van der Waals surface area contributed by atoms with Crippen LogP contribution in [-0.4, -0.2) is 0 Å². The Labute approximate surface area is 83.0 Å². The van der Waals surface area contributed by atoms with Crippen molar-refractivity contribution in [1.29, 1.82) is 0 Å². The Hall–Kier alpha value is -0.990. The Morgan fingerprint density at radius 1 is 1.00 bits per heavy atom. The van der Waals surface area contributed by atoms with Gasteiger partial charge < -0.3 is 5.73 Å². The zero-order valence-corrected chi connectivity index (χ0v) is 8.04. The van der Waals surface area contributed by atoms with Crippen LogP contribution in [0.1, 0.15) is 10.9 Å². The summed E-state index contributed by atoms with van der Waals surface area (Å²) < 4.78 is 0. The monoisotopic (exact) mass is 189 g/mol. The molecule has 0 heterocycles. The summed E-state index contributed by atoms with van der Waals surface area (Å²) in [6.07, 6.45) is 0. The van der Waals surface area contributed by atoms with Gasteiger partial charge in [0.25, 0.3) is 0 Å². The number of benzene rings is 2. The molecule has 66 valence electrons. The van der Waals surface area contributed by atoms with Crippen molar-refractivity contribution in [3.05, 3.63) is 48.0 Å². The van der Waals surface area contributed by atoms with Crippen molar-refractivity contribution < 1.29 is 0 Å². The van der Waals surface area contributed by atoms with Gasteiger partial charge in [-0.3, -0.25) is 0 Å². The van der Waals surface area contributed by atoms with E-state index in [9.17, 15) is 0 Å². The summed E-state index contributed by atoms with van der Waals surface area (Å²) in [5.41, 5.74) is 6.83. The van der Waals surface area contributed by atoms with E-state index in [1.807, 2.05) is 24.3 Å². The van der Waals surface area contributed by atoms with E-state index >= 15 is 0 Å². The molecule has 13 heavy (non-hydrogen) atoms. The van der Waals surface area contributed by atoms with Crippen molar-refractivity contribution in [2.75, 3.05) is 0 Å². The molecule has 2 heteroatoms. The molecule has 0 amide bonds. The molecule has 2 aromatic rings. The molecule has 0 aliphatic rings. The van der Waals surface area contributed by atoms with E-state index in [1.54, 1.807) is 0 Å². The molecular weight excluding hydrogens is 178 g/mol. The van der Waals surface area contributed by atoms with Gasteiger partial charge in [-0.05, 0) is 16.3 Å². The zero-order chi connectivity index (χ0) is 9.26. The summed E-state index contributed by atoms with van der Waals surface area (Å²) in [7, 11) is 0. The Balaban J connectivity index is 2.76. The van der Waals surface area contributed by atoms with Crippen molar-refractivity contribution >= 4 is 23.4 Å². The van der Waals surface area contributed by atoms with Gasteiger partial charge in [0.1, 0.15) is 0 Å². The van der Waals surface area contributed by atoms with Crippen LogP contribution in [0.15, 0.2) is 42.5 Å². The van der Waals surface area contributed by atoms with E-state index < -0.39 is 0 Å². The lowest BCUT2D eigenvalue weighted by Crippen LogP contribution is -2.02. The van der Waals surface area contributed by atoms with E-state index in [2.05, 4.69) is 30.8 Å².